The van der Waals surface area contributed by atoms with Crippen molar-refractivity contribution in [2.75, 3.05) is 0 Å². The van der Waals surface area contributed by atoms with Crippen molar-refractivity contribution in [1.82, 2.24) is 9.36 Å². The highest BCUT2D eigenvalue weighted by atomic mass is 32.2. The molecule has 1 N–H and O–H groups in total. The van der Waals surface area contributed by atoms with Gasteiger partial charge in [0.1, 0.15) is 10.7 Å². The highest BCUT2D eigenvalue weighted by Gasteiger charge is 2.10. The van der Waals surface area contributed by atoms with Crippen LogP contribution in [0.5, 0.6) is 0 Å². The summed E-state index contributed by atoms with van der Waals surface area (Å²) in [6.07, 6.45) is 1.92. The van der Waals surface area contributed by atoms with Crippen LogP contribution in [0.25, 0.3) is 0 Å². The van der Waals surface area contributed by atoms with E-state index in [2.05, 4.69) is 16.3 Å². The average Bonchev–Trinajstić information content (AvgIpc) is 2.89. The van der Waals surface area contributed by atoms with Crippen molar-refractivity contribution in [3.05, 3.63) is 22.1 Å². The molecule has 2 heterocycles. The van der Waals surface area contributed by atoms with Crippen molar-refractivity contribution in [3.63, 3.8) is 0 Å². The molecule has 4 nitrogen and oxygen atoms in total. The summed E-state index contributed by atoms with van der Waals surface area (Å²) in [5, 5.41) is 10.6. The van der Waals surface area contributed by atoms with E-state index >= 15 is 0 Å². The predicted octanol–water partition coefficient (Wildman–Crippen LogP) is 3.40. The van der Waals surface area contributed by atoms with E-state index < -0.39 is 5.97 Å². The van der Waals surface area contributed by atoms with Gasteiger partial charge in [-0.25, -0.2) is 9.78 Å². The Hall–Kier alpha value is -0.920. The van der Waals surface area contributed by atoms with Gasteiger partial charge in [-0.2, -0.15) is 4.37 Å². The molecule has 2 aromatic heterocycles. The number of aromatic carboxylic acids is 1. The zero-order valence-electron chi connectivity index (χ0n) is 9.04. The fourth-order valence-corrected chi connectivity index (χ4v) is 3.75. The van der Waals surface area contributed by atoms with E-state index in [1.807, 2.05) is 5.38 Å². The molecule has 0 radical (unpaired) electrons. The molecule has 90 valence electrons. The summed E-state index contributed by atoms with van der Waals surface area (Å²) in [5.74, 6) is -0.0144. The van der Waals surface area contributed by atoms with Crippen LogP contribution in [0.2, 0.25) is 0 Å². The molecule has 0 fully saturated rings. The second-order valence-electron chi connectivity index (χ2n) is 3.28. The minimum atomic E-state index is -0.884. The lowest BCUT2D eigenvalue weighted by Crippen LogP contribution is -1.89. The second kappa shape index (κ2) is 5.61. The number of thiophene rings is 1. The molecule has 0 aliphatic carbocycles. The number of carbonyl (C=O) groups is 1. The molecule has 0 aromatic carbocycles. The first kappa shape index (κ1) is 12.5. The van der Waals surface area contributed by atoms with Gasteiger partial charge in [0.15, 0.2) is 4.34 Å². The van der Waals surface area contributed by atoms with Crippen LogP contribution in [0.15, 0.2) is 20.7 Å². The van der Waals surface area contributed by atoms with E-state index in [1.54, 1.807) is 6.07 Å². The molecule has 2 rings (SSSR count). The van der Waals surface area contributed by atoms with Crippen molar-refractivity contribution in [2.45, 2.75) is 29.0 Å². The Labute approximate surface area is 111 Å². The van der Waals surface area contributed by atoms with E-state index in [4.69, 9.17) is 5.11 Å². The van der Waals surface area contributed by atoms with Crippen molar-refractivity contribution in [1.29, 1.82) is 0 Å². The van der Waals surface area contributed by atoms with Gasteiger partial charge in [0, 0.05) is 16.7 Å². The van der Waals surface area contributed by atoms with E-state index in [9.17, 15) is 4.79 Å². The zero-order valence-corrected chi connectivity index (χ0v) is 11.5. The molecule has 2 aromatic rings. The summed E-state index contributed by atoms with van der Waals surface area (Å²) in [4.78, 5) is 16.4. The Kier molecular flexibility index (Phi) is 4.14. The number of nitrogens with zero attached hydrogens (tertiary/aromatic N) is 2. The maximum absolute atomic E-state index is 10.7. The van der Waals surface area contributed by atoms with Crippen molar-refractivity contribution < 1.29 is 9.90 Å². The third-order valence-electron chi connectivity index (χ3n) is 1.91. The first-order valence-electron chi connectivity index (χ1n) is 5.01. The summed E-state index contributed by atoms with van der Waals surface area (Å²) >= 11 is 4.06. The van der Waals surface area contributed by atoms with Crippen molar-refractivity contribution >= 4 is 40.6 Å². The Balaban J connectivity index is 2.05. The van der Waals surface area contributed by atoms with Crippen LogP contribution in [0.1, 0.15) is 28.8 Å². The van der Waals surface area contributed by atoms with Gasteiger partial charge >= 0.3 is 5.97 Å². The Morgan fingerprint density at radius 2 is 2.41 bits per heavy atom. The number of carboxylic acid groups (broad SMARTS) is 1. The number of hydrogen-bond donors (Lipinski definition) is 1. The van der Waals surface area contributed by atoms with Crippen LogP contribution in [0, 0.1) is 0 Å². The molecular weight excluding hydrogens is 276 g/mol. The summed E-state index contributed by atoms with van der Waals surface area (Å²) in [7, 11) is 0. The van der Waals surface area contributed by atoms with Gasteiger partial charge in [-0.15, -0.1) is 11.3 Å². The van der Waals surface area contributed by atoms with E-state index in [0.29, 0.717) is 4.88 Å². The molecule has 17 heavy (non-hydrogen) atoms. The van der Waals surface area contributed by atoms with Crippen molar-refractivity contribution in [3.8, 4) is 0 Å². The smallest absolute Gasteiger partial charge is 0.345 e. The van der Waals surface area contributed by atoms with E-state index in [0.717, 1.165) is 27.9 Å². The van der Waals surface area contributed by atoms with Crippen LogP contribution >= 0.6 is 34.6 Å². The molecule has 0 saturated carbocycles. The Morgan fingerprint density at radius 3 is 3.06 bits per heavy atom. The highest BCUT2D eigenvalue weighted by molar-refractivity contribution is 8.01. The van der Waals surface area contributed by atoms with E-state index in [-0.39, 0.29) is 0 Å². The first-order chi connectivity index (χ1) is 8.19. The van der Waals surface area contributed by atoms with Crippen LogP contribution in [-0.4, -0.2) is 20.4 Å². The zero-order chi connectivity index (χ0) is 12.3. The molecule has 0 unspecified atom stereocenters. The number of aryl methyl sites for hydroxylation is 1. The van der Waals surface area contributed by atoms with E-state index in [1.165, 1.54) is 34.6 Å². The quantitative estimate of drug-likeness (QED) is 0.912. The Bertz CT molecular complexity index is 521. The van der Waals surface area contributed by atoms with Gasteiger partial charge in [-0.3, -0.25) is 0 Å². The van der Waals surface area contributed by atoms with Crippen LogP contribution in [-0.2, 0) is 6.42 Å². The normalized spacial score (nSPS) is 10.6. The lowest BCUT2D eigenvalue weighted by molar-refractivity contribution is 0.0702. The molecule has 0 amide bonds. The van der Waals surface area contributed by atoms with Gasteiger partial charge in [0.2, 0.25) is 0 Å². The Morgan fingerprint density at radius 1 is 1.59 bits per heavy atom. The predicted molar refractivity (Wildman–Crippen MR) is 69.3 cm³/mol. The molecular formula is C10H10N2O2S3. The molecule has 0 bridgehead atoms. The third-order valence-corrected chi connectivity index (χ3v) is 4.74. The number of hydrogen-bond acceptors (Lipinski definition) is 6. The minimum Gasteiger partial charge on any atom is -0.477 e. The molecule has 0 saturated heterocycles. The summed E-state index contributed by atoms with van der Waals surface area (Å²) < 4.78 is 5.10. The first-order valence-corrected chi connectivity index (χ1v) is 7.48. The molecule has 0 aliphatic rings. The average molecular weight is 286 g/mol. The minimum absolute atomic E-state index is 0.353. The number of rotatable bonds is 5. The molecule has 0 spiro atoms. The fourth-order valence-electron chi connectivity index (χ4n) is 1.19. The van der Waals surface area contributed by atoms with Gasteiger partial charge in [0.05, 0.1) is 0 Å². The summed E-state index contributed by atoms with van der Waals surface area (Å²) in [6.45, 7) is 2.09. The topological polar surface area (TPSA) is 63.1 Å². The van der Waals surface area contributed by atoms with Crippen LogP contribution < -0.4 is 0 Å². The van der Waals surface area contributed by atoms with Crippen LogP contribution in [0.4, 0.5) is 0 Å². The fraction of sp³-hybridized carbons (Fsp3) is 0.300. The second-order valence-corrected chi connectivity index (χ2v) is 6.26. The monoisotopic (exact) mass is 286 g/mol. The van der Waals surface area contributed by atoms with Crippen LogP contribution in [0.3, 0.4) is 0 Å². The molecule has 0 atom stereocenters. The number of carboxylic acids is 1. The standard InChI is InChI=1S/C10H10N2O2S3/c1-2-3-8-11-10(17-12-8)16-6-4-7(9(13)14)15-5-6/h4-5H,2-3H2,1H3,(H,13,14). The largest absolute Gasteiger partial charge is 0.477 e. The summed E-state index contributed by atoms with van der Waals surface area (Å²) in [5.41, 5.74) is 0. The maximum atomic E-state index is 10.7. The van der Waals surface area contributed by atoms with Gasteiger partial charge < -0.3 is 5.11 Å². The molecule has 0 aliphatic heterocycles. The number of aromatic nitrogens is 2. The van der Waals surface area contributed by atoms with Gasteiger partial charge in [0.25, 0.3) is 0 Å². The lowest BCUT2D eigenvalue weighted by atomic mass is 10.3. The van der Waals surface area contributed by atoms with Gasteiger partial charge in [-0.05, 0) is 24.0 Å². The molecule has 7 heteroatoms. The highest BCUT2D eigenvalue weighted by Crippen LogP contribution is 2.32. The summed E-state index contributed by atoms with van der Waals surface area (Å²) in [6, 6.07) is 1.67. The third kappa shape index (κ3) is 3.27. The SMILES string of the molecule is CCCc1nsc(Sc2csc(C(=O)O)c2)n1. The maximum Gasteiger partial charge on any atom is 0.345 e. The van der Waals surface area contributed by atoms with Crippen molar-refractivity contribution in [2.24, 2.45) is 0 Å². The lowest BCUT2D eigenvalue weighted by Gasteiger charge is -1.90. The van der Waals surface area contributed by atoms with Gasteiger partial charge in [-0.1, -0.05) is 18.7 Å².